The van der Waals surface area contributed by atoms with Crippen LogP contribution in [-0.2, 0) is 12.7 Å². The molecule has 1 aromatic carbocycles. The highest BCUT2D eigenvalue weighted by molar-refractivity contribution is 7.08. The van der Waals surface area contributed by atoms with E-state index < -0.39 is 11.7 Å². The van der Waals surface area contributed by atoms with Crippen molar-refractivity contribution >= 4 is 39.5 Å². The molecule has 1 N–H and O–H groups in total. The summed E-state index contributed by atoms with van der Waals surface area (Å²) in [7, 11) is 2.05. The van der Waals surface area contributed by atoms with Gasteiger partial charge in [-0.1, -0.05) is 0 Å². The number of nitrogens with one attached hydrogen (secondary N) is 1. The number of fused-ring (bicyclic) bond motifs is 2. The zero-order chi connectivity index (χ0) is 25.6. The molecule has 5 aromatic rings. The lowest BCUT2D eigenvalue weighted by Gasteiger charge is -2.33. The van der Waals surface area contributed by atoms with Crippen LogP contribution in [0.2, 0.25) is 0 Å². The van der Waals surface area contributed by atoms with E-state index in [9.17, 15) is 13.2 Å². The van der Waals surface area contributed by atoms with Gasteiger partial charge in [-0.25, -0.2) is 4.98 Å². The normalized spacial score (nSPS) is 15.1. The van der Waals surface area contributed by atoms with Crippen LogP contribution in [0.25, 0.3) is 27.9 Å². The smallest absolute Gasteiger partial charge is 0.376 e. The Labute approximate surface area is 213 Å². The molecule has 5 heterocycles. The van der Waals surface area contributed by atoms with Crippen molar-refractivity contribution in [2.75, 3.05) is 43.4 Å². The zero-order valence-electron chi connectivity index (χ0n) is 19.8. The molecule has 0 saturated carbocycles. The number of hydrogen-bond donors (Lipinski definition) is 1. The average molecular weight is 526 g/mol. The Morgan fingerprint density at radius 3 is 2.65 bits per heavy atom. The molecule has 37 heavy (non-hydrogen) atoms. The lowest BCUT2D eigenvalue weighted by molar-refractivity contribution is -0.137. The Balaban J connectivity index is 1.36. The molecule has 1 aliphatic heterocycles. The number of alkyl halides is 3. The molecule has 9 nitrogen and oxygen atoms in total. The lowest BCUT2D eigenvalue weighted by atomic mass is 10.1. The van der Waals surface area contributed by atoms with Gasteiger partial charge in [0, 0.05) is 37.1 Å². The third-order valence-corrected chi connectivity index (χ3v) is 7.05. The maximum absolute atomic E-state index is 13.7. The van der Waals surface area contributed by atoms with E-state index >= 15 is 0 Å². The quantitative estimate of drug-likeness (QED) is 0.366. The molecule has 1 aliphatic rings. The number of nitrogens with zero attached hydrogens (tertiary/aromatic N) is 8. The van der Waals surface area contributed by atoms with E-state index in [1.807, 2.05) is 29.0 Å². The molecular formula is C24H22F3N9S. The fourth-order valence-corrected chi connectivity index (χ4v) is 4.92. The predicted octanol–water partition coefficient (Wildman–Crippen LogP) is 4.18. The first-order chi connectivity index (χ1) is 17.8. The summed E-state index contributed by atoms with van der Waals surface area (Å²) in [4.78, 5) is 13.4. The molecule has 190 valence electrons. The number of thiophene rings is 1. The van der Waals surface area contributed by atoms with E-state index in [1.54, 1.807) is 22.0 Å². The molecule has 0 spiro atoms. The first kappa shape index (κ1) is 23.6. The van der Waals surface area contributed by atoms with Crippen molar-refractivity contribution in [3.8, 4) is 11.3 Å². The van der Waals surface area contributed by atoms with E-state index in [2.05, 4.69) is 42.4 Å². The first-order valence-corrected chi connectivity index (χ1v) is 12.6. The minimum Gasteiger partial charge on any atom is -0.376 e. The van der Waals surface area contributed by atoms with Crippen LogP contribution in [0.4, 0.5) is 24.7 Å². The van der Waals surface area contributed by atoms with E-state index in [0.29, 0.717) is 22.8 Å². The first-order valence-electron chi connectivity index (χ1n) is 11.6. The minimum absolute atomic E-state index is 0.0953. The van der Waals surface area contributed by atoms with Gasteiger partial charge in [0.2, 0.25) is 0 Å². The van der Waals surface area contributed by atoms with Crippen LogP contribution in [0, 0.1) is 0 Å². The van der Waals surface area contributed by atoms with Gasteiger partial charge in [-0.2, -0.15) is 34.1 Å². The van der Waals surface area contributed by atoms with E-state index in [-0.39, 0.29) is 17.7 Å². The minimum atomic E-state index is -4.53. The second-order valence-corrected chi connectivity index (χ2v) is 9.66. The number of likely N-dealkylation sites (N-methyl/N-ethyl adjacent to an activating group) is 1. The predicted molar refractivity (Wildman–Crippen MR) is 136 cm³/mol. The molecule has 1 saturated heterocycles. The van der Waals surface area contributed by atoms with Crippen molar-refractivity contribution in [2.24, 2.45) is 0 Å². The van der Waals surface area contributed by atoms with E-state index in [1.165, 1.54) is 0 Å². The summed E-state index contributed by atoms with van der Waals surface area (Å²) in [5.74, 6) is 1.10. The summed E-state index contributed by atoms with van der Waals surface area (Å²) < 4.78 is 42.6. The average Bonchev–Trinajstić information content (AvgIpc) is 3.57. The SMILES string of the molecule is CN1CCN(c2cnc3cc(C(F)(F)F)cc(NCc4nnc5ccc(-c6ccsc6)nn45)c3n2)CC1. The van der Waals surface area contributed by atoms with Crippen LogP contribution in [-0.4, -0.2) is 67.9 Å². The van der Waals surface area contributed by atoms with Crippen LogP contribution < -0.4 is 10.2 Å². The third kappa shape index (κ3) is 4.67. The van der Waals surface area contributed by atoms with E-state index in [4.69, 9.17) is 4.98 Å². The summed E-state index contributed by atoms with van der Waals surface area (Å²) in [6.07, 6.45) is -2.99. The molecule has 0 amide bonds. The number of hydrogen-bond acceptors (Lipinski definition) is 9. The van der Waals surface area contributed by atoms with Gasteiger partial charge < -0.3 is 15.1 Å². The molecule has 13 heteroatoms. The number of piperazine rings is 1. The van der Waals surface area contributed by atoms with Crippen molar-refractivity contribution in [3.63, 3.8) is 0 Å². The number of benzene rings is 1. The van der Waals surface area contributed by atoms with Crippen molar-refractivity contribution in [2.45, 2.75) is 12.7 Å². The fraction of sp³-hybridized carbons (Fsp3) is 0.292. The Bertz CT molecular complexity index is 1560. The lowest BCUT2D eigenvalue weighted by Crippen LogP contribution is -2.44. The Morgan fingerprint density at radius 2 is 1.89 bits per heavy atom. The molecule has 0 radical (unpaired) electrons. The van der Waals surface area contributed by atoms with Gasteiger partial charge in [0.25, 0.3) is 0 Å². The van der Waals surface area contributed by atoms with Crippen LogP contribution in [0.15, 0.2) is 47.3 Å². The fourth-order valence-electron chi connectivity index (χ4n) is 4.27. The molecule has 4 aromatic heterocycles. The van der Waals surface area contributed by atoms with Crippen LogP contribution in [0.5, 0.6) is 0 Å². The summed E-state index contributed by atoms with van der Waals surface area (Å²) in [5, 5.41) is 20.0. The second-order valence-electron chi connectivity index (χ2n) is 8.88. The molecule has 1 fully saturated rings. The maximum Gasteiger partial charge on any atom is 0.416 e. The van der Waals surface area contributed by atoms with Gasteiger partial charge >= 0.3 is 6.18 Å². The second kappa shape index (κ2) is 9.23. The van der Waals surface area contributed by atoms with Gasteiger partial charge in [-0.05, 0) is 42.8 Å². The molecule has 6 rings (SSSR count). The number of halogens is 3. The highest BCUT2D eigenvalue weighted by Gasteiger charge is 2.32. The summed E-state index contributed by atoms with van der Waals surface area (Å²) in [5.41, 5.74) is 2.22. The number of anilines is 2. The number of rotatable bonds is 5. The summed E-state index contributed by atoms with van der Waals surface area (Å²) >= 11 is 1.57. The Kier molecular flexibility index (Phi) is 5.88. The Hall–Kier alpha value is -3.84. The monoisotopic (exact) mass is 525 g/mol. The molecule has 0 unspecified atom stereocenters. The highest BCUT2D eigenvalue weighted by atomic mass is 32.1. The van der Waals surface area contributed by atoms with Crippen molar-refractivity contribution < 1.29 is 13.2 Å². The Morgan fingerprint density at radius 1 is 1.05 bits per heavy atom. The van der Waals surface area contributed by atoms with Gasteiger partial charge in [0.1, 0.15) is 11.3 Å². The molecule has 0 aliphatic carbocycles. The molecule has 0 atom stereocenters. The third-order valence-electron chi connectivity index (χ3n) is 6.37. The van der Waals surface area contributed by atoms with Crippen LogP contribution in [0.1, 0.15) is 11.4 Å². The van der Waals surface area contributed by atoms with Gasteiger partial charge in [0.05, 0.1) is 35.2 Å². The molecular weight excluding hydrogens is 503 g/mol. The van der Waals surface area contributed by atoms with Gasteiger partial charge in [-0.15, -0.1) is 10.2 Å². The van der Waals surface area contributed by atoms with Crippen LogP contribution in [0.3, 0.4) is 0 Å². The van der Waals surface area contributed by atoms with Gasteiger partial charge in [-0.3, -0.25) is 4.98 Å². The number of aromatic nitrogens is 6. The maximum atomic E-state index is 13.7. The summed E-state index contributed by atoms with van der Waals surface area (Å²) in [6, 6.07) is 7.73. The summed E-state index contributed by atoms with van der Waals surface area (Å²) in [6.45, 7) is 3.38. The van der Waals surface area contributed by atoms with Crippen molar-refractivity contribution in [3.05, 3.63) is 58.7 Å². The largest absolute Gasteiger partial charge is 0.416 e. The van der Waals surface area contributed by atoms with Crippen molar-refractivity contribution in [1.82, 2.24) is 34.7 Å². The molecule has 0 bridgehead atoms. The van der Waals surface area contributed by atoms with Gasteiger partial charge in [0.15, 0.2) is 11.5 Å². The highest BCUT2D eigenvalue weighted by Crippen LogP contribution is 2.35. The topological polar surface area (TPSA) is 87.4 Å². The van der Waals surface area contributed by atoms with E-state index in [0.717, 1.165) is 49.6 Å². The standard InChI is InChI=1S/C24H22F3N9S/c1-34-5-7-35(8-6-34)21-12-28-18-10-16(24(25,26)27)11-19(23(18)30-21)29-13-22-32-31-20-3-2-17(33-36(20)22)15-4-9-37-14-15/h2-4,9-12,14,29H,5-8,13H2,1H3. The van der Waals surface area contributed by atoms with Crippen LogP contribution >= 0.6 is 11.3 Å². The zero-order valence-corrected chi connectivity index (χ0v) is 20.6. The van der Waals surface area contributed by atoms with Crippen molar-refractivity contribution in [1.29, 1.82) is 0 Å².